The summed E-state index contributed by atoms with van der Waals surface area (Å²) in [6.45, 7) is 5.49. The van der Waals surface area contributed by atoms with E-state index in [0.717, 1.165) is 29.2 Å². The van der Waals surface area contributed by atoms with E-state index >= 15 is 0 Å². The lowest BCUT2D eigenvalue weighted by atomic mass is 10.3. The highest BCUT2D eigenvalue weighted by molar-refractivity contribution is 5.86. The number of nitrogens with one attached hydrogen (secondary N) is 1. The van der Waals surface area contributed by atoms with E-state index < -0.39 is 0 Å². The zero-order chi connectivity index (χ0) is 14.7. The summed E-state index contributed by atoms with van der Waals surface area (Å²) >= 11 is 0. The molecule has 0 amide bonds. The van der Waals surface area contributed by atoms with Crippen molar-refractivity contribution < 1.29 is 5.11 Å². The van der Waals surface area contributed by atoms with Crippen LogP contribution in [0.1, 0.15) is 19.7 Å². The number of anilines is 1. The minimum absolute atomic E-state index is 0.0726. The molecule has 1 atom stereocenters. The van der Waals surface area contributed by atoms with Gasteiger partial charge >= 0.3 is 0 Å². The molecule has 0 radical (unpaired) electrons. The zero-order valence-electron chi connectivity index (χ0n) is 12.5. The van der Waals surface area contributed by atoms with Gasteiger partial charge in [-0.1, -0.05) is 0 Å². The quantitative estimate of drug-likeness (QED) is 0.806. The topological polar surface area (TPSA) is 79.1 Å². The van der Waals surface area contributed by atoms with Gasteiger partial charge in [-0.25, -0.2) is 9.97 Å². The Morgan fingerprint density at radius 2 is 2.20 bits per heavy atom. The number of hydrogen-bond donors (Lipinski definition) is 2. The molecule has 0 saturated carbocycles. The number of aliphatic hydroxyl groups excluding tert-OH is 1. The van der Waals surface area contributed by atoms with Crippen LogP contribution < -0.4 is 5.32 Å². The highest BCUT2D eigenvalue weighted by Gasteiger charge is 2.14. The number of hydrogen-bond acceptors (Lipinski definition) is 6. The normalized spacial score (nSPS) is 13.1. The maximum atomic E-state index is 9.20. The molecule has 0 saturated heterocycles. The Bertz CT molecular complexity index is 581. The molecule has 2 N–H and O–H groups in total. The van der Waals surface area contributed by atoms with E-state index in [0.29, 0.717) is 6.54 Å². The first-order valence-electron chi connectivity index (χ1n) is 6.80. The van der Waals surface area contributed by atoms with Crippen LogP contribution in [0.5, 0.6) is 0 Å². The van der Waals surface area contributed by atoms with Crippen molar-refractivity contribution in [2.45, 2.75) is 26.4 Å². The minimum atomic E-state index is 0.0726. The van der Waals surface area contributed by atoms with Gasteiger partial charge in [0.05, 0.1) is 24.7 Å². The lowest BCUT2D eigenvalue weighted by molar-refractivity contribution is 0.151. The molecule has 7 nitrogen and oxygen atoms in total. The van der Waals surface area contributed by atoms with E-state index in [1.165, 1.54) is 0 Å². The van der Waals surface area contributed by atoms with Crippen LogP contribution in [-0.4, -0.2) is 56.0 Å². The third-order valence-electron chi connectivity index (χ3n) is 3.39. The van der Waals surface area contributed by atoms with Gasteiger partial charge in [-0.15, -0.1) is 0 Å². The second-order valence-corrected chi connectivity index (χ2v) is 4.97. The van der Waals surface area contributed by atoms with E-state index in [1.807, 2.05) is 32.8 Å². The van der Waals surface area contributed by atoms with Crippen molar-refractivity contribution in [1.29, 1.82) is 0 Å². The number of rotatable bonds is 6. The largest absolute Gasteiger partial charge is 0.395 e. The molecule has 2 aromatic rings. The smallest absolute Gasteiger partial charge is 0.163 e. The van der Waals surface area contributed by atoms with E-state index in [4.69, 9.17) is 0 Å². The number of aromatic nitrogens is 4. The molecule has 110 valence electrons. The lowest BCUT2D eigenvalue weighted by Gasteiger charge is -2.22. The molecule has 2 heterocycles. The fourth-order valence-corrected chi connectivity index (χ4v) is 1.96. The molecule has 0 aliphatic carbocycles. The van der Waals surface area contributed by atoms with E-state index in [1.54, 1.807) is 10.9 Å². The van der Waals surface area contributed by atoms with Crippen molar-refractivity contribution in [3.05, 3.63) is 12.0 Å². The molecule has 0 bridgehead atoms. The van der Waals surface area contributed by atoms with Crippen LogP contribution in [-0.2, 0) is 13.6 Å². The fraction of sp³-hybridized carbons (Fsp3) is 0.615. The van der Waals surface area contributed by atoms with Gasteiger partial charge in [-0.05, 0) is 20.9 Å². The fourth-order valence-electron chi connectivity index (χ4n) is 1.96. The molecule has 1 unspecified atom stereocenters. The van der Waals surface area contributed by atoms with Gasteiger partial charge in [-0.3, -0.25) is 9.58 Å². The molecule has 0 spiro atoms. The van der Waals surface area contributed by atoms with Gasteiger partial charge in [-0.2, -0.15) is 5.10 Å². The molecule has 0 aromatic carbocycles. The summed E-state index contributed by atoms with van der Waals surface area (Å²) in [5, 5.41) is 17.6. The third-order valence-corrected chi connectivity index (χ3v) is 3.39. The van der Waals surface area contributed by atoms with E-state index in [-0.39, 0.29) is 12.6 Å². The summed E-state index contributed by atoms with van der Waals surface area (Å²) < 4.78 is 1.75. The molecule has 0 aliphatic rings. The third kappa shape index (κ3) is 2.88. The molecular weight excluding hydrogens is 256 g/mol. The molecule has 7 heteroatoms. The van der Waals surface area contributed by atoms with Gasteiger partial charge in [0.1, 0.15) is 11.6 Å². The van der Waals surface area contributed by atoms with Crippen LogP contribution in [0.25, 0.3) is 11.0 Å². The Morgan fingerprint density at radius 1 is 1.45 bits per heavy atom. The van der Waals surface area contributed by atoms with Crippen molar-refractivity contribution in [3.63, 3.8) is 0 Å². The highest BCUT2D eigenvalue weighted by atomic mass is 16.3. The van der Waals surface area contributed by atoms with Gasteiger partial charge < -0.3 is 10.4 Å². The monoisotopic (exact) mass is 278 g/mol. The van der Waals surface area contributed by atoms with Crippen molar-refractivity contribution in [2.24, 2.45) is 7.05 Å². The Hall–Kier alpha value is -1.73. The van der Waals surface area contributed by atoms with Gasteiger partial charge in [0, 0.05) is 19.6 Å². The molecule has 2 rings (SSSR count). The van der Waals surface area contributed by atoms with Crippen LogP contribution in [0.2, 0.25) is 0 Å². The molecule has 2 aromatic heterocycles. The predicted molar refractivity (Wildman–Crippen MR) is 78.5 cm³/mol. The van der Waals surface area contributed by atoms with Crippen LogP contribution in [0.15, 0.2) is 6.20 Å². The second kappa shape index (κ2) is 6.15. The average Bonchev–Trinajstić information content (AvgIpc) is 2.80. The highest BCUT2D eigenvalue weighted by Crippen LogP contribution is 2.20. The lowest BCUT2D eigenvalue weighted by Crippen LogP contribution is -2.32. The SMILES string of the molecule is CCNc1nc(CN(C)C(C)CO)nc2c1cnn2C. The van der Waals surface area contributed by atoms with Crippen LogP contribution in [0.4, 0.5) is 5.82 Å². The number of likely N-dealkylation sites (N-methyl/N-ethyl adjacent to an activating group) is 1. The Labute approximate surface area is 118 Å². The predicted octanol–water partition coefficient (Wildman–Crippen LogP) is 0.608. The summed E-state index contributed by atoms with van der Waals surface area (Å²) in [6, 6.07) is 0.0726. The molecule has 0 fully saturated rings. The standard InChI is InChI=1S/C13H22N6O/c1-5-14-12-10-6-15-19(4)13(10)17-11(16-12)7-18(3)9(2)8-20/h6,9,20H,5,7-8H2,1-4H3,(H,14,16,17). The van der Waals surface area contributed by atoms with Crippen LogP contribution in [0, 0.1) is 0 Å². The van der Waals surface area contributed by atoms with E-state index in [2.05, 4.69) is 20.4 Å². The van der Waals surface area contributed by atoms with Gasteiger partial charge in [0.15, 0.2) is 5.65 Å². The van der Waals surface area contributed by atoms with Crippen molar-refractivity contribution in [2.75, 3.05) is 25.5 Å². The first kappa shape index (κ1) is 14.7. The summed E-state index contributed by atoms with van der Waals surface area (Å²) in [7, 11) is 3.82. The minimum Gasteiger partial charge on any atom is -0.395 e. The Balaban J connectivity index is 2.36. The maximum absolute atomic E-state index is 9.20. The summed E-state index contributed by atoms with van der Waals surface area (Å²) in [6.07, 6.45) is 1.77. The van der Waals surface area contributed by atoms with Crippen LogP contribution >= 0.6 is 0 Å². The second-order valence-electron chi connectivity index (χ2n) is 4.97. The Kier molecular flexibility index (Phi) is 4.51. The number of nitrogens with zero attached hydrogens (tertiary/aromatic N) is 5. The molecule has 20 heavy (non-hydrogen) atoms. The summed E-state index contributed by atoms with van der Waals surface area (Å²) in [4.78, 5) is 11.1. The molecular formula is C13H22N6O. The van der Waals surface area contributed by atoms with Crippen molar-refractivity contribution >= 4 is 16.9 Å². The van der Waals surface area contributed by atoms with Crippen molar-refractivity contribution in [1.82, 2.24) is 24.6 Å². The Morgan fingerprint density at radius 3 is 2.85 bits per heavy atom. The first-order chi connectivity index (χ1) is 9.56. The summed E-state index contributed by atoms with van der Waals surface area (Å²) in [5.74, 6) is 1.53. The maximum Gasteiger partial charge on any atom is 0.163 e. The van der Waals surface area contributed by atoms with Crippen LogP contribution in [0.3, 0.4) is 0 Å². The zero-order valence-corrected chi connectivity index (χ0v) is 12.5. The van der Waals surface area contributed by atoms with E-state index in [9.17, 15) is 5.11 Å². The number of aliphatic hydroxyl groups is 1. The van der Waals surface area contributed by atoms with Gasteiger partial charge in [0.2, 0.25) is 0 Å². The molecule has 0 aliphatic heterocycles. The van der Waals surface area contributed by atoms with Crippen molar-refractivity contribution in [3.8, 4) is 0 Å². The first-order valence-corrected chi connectivity index (χ1v) is 6.80. The van der Waals surface area contributed by atoms with Gasteiger partial charge in [0.25, 0.3) is 0 Å². The average molecular weight is 278 g/mol. The number of fused-ring (bicyclic) bond motifs is 1. The summed E-state index contributed by atoms with van der Waals surface area (Å²) in [5.41, 5.74) is 0.816. The number of aryl methyl sites for hydroxylation is 1.